The number of anilines is 2. The molecule has 1 aromatic carbocycles. The normalized spacial score (nSPS) is 20.9. The van der Waals surface area contributed by atoms with Gasteiger partial charge in [-0.25, -0.2) is 0 Å². The average Bonchev–Trinajstić information content (AvgIpc) is 2.90. The summed E-state index contributed by atoms with van der Waals surface area (Å²) in [5.74, 6) is 0.0547. The molecule has 0 aromatic heterocycles. The topological polar surface area (TPSA) is 58.4 Å². The van der Waals surface area contributed by atoms with Crippen LogP contribution in [-0.2, 0) is 4.79 Å². The van der Waals surface area contributed by atoms with Gasteiger partial charge in [-0.05, 0) is 57.4 Å². The van der Waals surface area contributed by atoms with Crippen LogP contribution in [0.2, 0.25) is 0 Å². The summed E-state index contributed by atoms with van der Waals surface area (Å²) in [6, 6.07) is 6.05. The Bertz CT molecular complexity index is 487. The van der Waals surface area contributed by atoms with Gasteiger partial charge in [-0.3, -0.25) is 9.69 Å². The molecular weight excluding hydrogens is 250 g/mol. The molecule has 0 saturated carbocycles. The average molecular weight is 275 g/mol. The van der Waals surface area contributed by atoms with Crippen molar-refractivity contribution >= 4 is 17.3 Å². The van der Waals surface area contributed by atoms with Gasteiger partial charge in [0.25, 0.3) is 0 Å². The van der Waals surface area contributed by atoms with E-state index in [1.54, 1.807) is 0 Å². The van der Waals surface area contributed by atoms with E-state index in [-0.39, 0.29) is 11.9 Å². The molecule has 2 unspecified atom stereocenters. The molecule has 2 rings (SSSR count). The first-order valence-electron chi connectivity index (χ1n) is 7.45. The Kier molecular flexibility index (Phi) is 4.65. The van der Waals surface area contributed by atoms with Crippen LogP contribution < -0.4 is 11.1 Å². The maximum Gasteiger partial charge on any atom is 0.241 e. The van der Waals surface area contributed by atoms with Crippen LogP contribution in [-0.4, -0.2) is 29.4 Å². The zero-order chi connectivity index (χ0) is 14.7. The van der Waals surface area contributed by atoms with Crippen molar-refractivity contribution in [2.24, 2.45) is 0 Å². The van der Waals surface area contributed by atoms with E-state index in [9.17, 15) is 4.79 Å². The number of hydrogen-bond acceptors (Lipinski definition) is 3. The van der Waals surface area contributed by atoms with Gasteiger partial charge in [-0.2, -0.15) is 0 Å². The van der Waals surface area contributed by atoms with Crippen molar-refractivity contribution in [3.05, 3.63) is 23.8 Å². The van der Waals surface area contributed by atoms with Crippen LogP contribution in [0, 0.1) is 6.92 Å². The Balaban J connectivity index is 2.06. The summed E-state index contributed by atoms with van der Waals surface area (Å²) in [5, 5.41) is 3.01. The number of carbonyl (C=O) groups excluding carboxylic acids is 1. The van der Waals surface area contributed by atoms with E-state index < -0.39 is 0 Å². The lowest BCUT2D eigenvalue weighted by molar-refractivity contribution is -0.121. The number of nitrogens with two attached hydrogens (primary N) is 1. The number of amides is 1. The molecule has 110 valence electrons. The standard InChI is InChI=1S/C16H25N3O/c1-4-14-6-5-9-19(14)12(3)16(20)18-15-10-13(17)8-7-11(15)2/h7-8,10,12,14H,4-6,9,17H2,1-3H3,(H,18,20). The highest BCUT2D eigenvalue weighted by molar-refractivity contribution is 5.95. The van der Waals surface area contributed by atoms with Gasteiger partial charge in [0, 0.05) is 17.4 Å². The summed E-state index contributed by atoms with van der Waals surface area (Å²) in [7, 11) is 0. The van der Waals surface area contributed by atoms with Crippen molar-refractivity contribution in [1.82, 2.24) is 4.90 Å². The van der Waals surface area contributed by atoms with Crippen LogP contribution >= 0.6 is 0 Å². The van der Waals surface area contributed by atoms with E-state index in [4.69, 9.17) is 5.73 Å². The maximum absolute atomic E-state index is 12.4. The molecule has 0 aliphatic carbocycles. The minimum Gasteiger partial charge on any atom is -0.399 e. The predicted molar refractivity (Wildman–Crippen MR) is 83.7 cm³/mol. The Morgan fingerprint density at radius 3 is 3.00 bits per heavy atom. The number of nitrogen functional groups attached to an aromatic ring is 1. The lowest BCUT2D eigenvalue weighted by atomic mass is 10.1. The largest absolute Gasteiger partial charge is 0.399 e. The lowest BCUT2D eigenvalue weighted by Crippen LogP contribution is -2.44. The fourth-order valence-electron chi connectivity index (χ4n) is 2.97. The number of aryl methyl sites for hydroxylation is 1. The van der Waals surface area contributed by atoms with Crippen LogP contribution in [0.1, 0.15) is 38.7 Å². The van der Waals surface area contributed by atoms with E-state index in [2.05, 4.69) is 17.1 Å². The van der Waals surface area contributed by atoms with Crippen molar-refractivity contribution in [3.63, 3.8) is 0 Å². The van der Waals surface area contributed by atoms with Crippen molar-refractivity contribution in [1.29, 1.82) is 0 Å². The van der Waals surface area contributed by atoms with E-state index in [0.717, 1.165) is 24.2 Å². The van der Waals surface area contributed by atoms with Gasteiger partial charge in [-0.1, -0.05) is 13.0 Å². The van der Waals surface area contributed by atoms with Crippen molar-refractivity contribution in [2.45, 2.75) is 52.1 Å². The number of benzene rings is 1. The molecule has 2 atom stereocenters. The fourth-order valence-corrected chi connectivity index (χ4v) is 2.97. The SMILES string of the molecule is CCC1CCCN1C(C)C(=O)Nc1cc(N)ccc1C. The smallest absolute Gasteiger partial charge is 0.241 e. The van der Waals surface area contributed by atoms with Gasteiger partial charge in [-0.15, -0.1) is 0 Å². The van der Waals surface area contributed by atoms with E-state index in [1.807, 2.05) is 32.0 Å². The summed E-state index contributed by atoms with van der Waals surface area (Å²) >= 11 is 0. The summed E-state index contributed by atoms with van der Waals surface area (Å²) < 4.78 is 0. The number of carbonyl (C=O) groups is 1. The van der Waals surface area contributed by atoms with Crippen LogP contribution in [0.25, 0.3) is 0 Å². The molecule has 4 nitrogen and oxygen atoms in total. The molecule has 1 aliphatic heterocycles. The monoisotopic (exact) mass is 275 g/mol. The number of hydrogen-bond donors (Lipinski definition) is 2. The van der Waals surface area contributed by atoms with Crippen LogP contribution in [0.3, 0.4) is 0 Å². The Morgan fingerprint density at radius 2 is 2.30 bits per heavy atom. The van der Waals surface area contributed by atoms with Gasteiger partial charge in [0.15, 0.2) is 0 Å². The highest BCUT2D eigenvalue weighted by Gasteiger charge is 2.30. The van der Waals surface area contributed by atoms with Crippen molar-refractivity contribution in [2.75, 3.05) is 17.6 Å². The quantitative estimate of drug-likeness (QED) is 0.831. The summed E-state index contributed by atoms with van der Waals surface area (Å²) in [5.41, 5.74) is 8.31. The first kappa shape index (κ1) is 14.9. The van der Waals surface area contributed by atoms with E-state index in [1.165, 1.54) is 12.8 Å². The number of nitrogens with zero attached hydrogens (tertiary/aromatic N) is 1. The Hall–Kier alpha value is -1.55. The molecule has 0 spiro atoms. The molecule has 20 heavy (non-hydrogen) atoms. The summed E-state index contributed by atoms with van der Waals surface area (Å²) in [6.07, 6.45) is 3.49. The van der Waals surface area contributed by atoms with Gasteiger partial charge in [0.1, 0.15) is 0 Å². The Morgan fingerprint density at radius 1 is 1.55 bits per heavy atom. The Labute approximate surface area is 121 Å². The van der Waals surface area contributed by atoms with Crippen molar-refractivity contribution in [3.8, 4) is 0 Å². The molecule has 3 N–H and O–H groups in total. The molecule has 1 aliphatic rings. The zero-order valence-electron chi connectivity index (χ0n) is 12.6. The number of rotatable bonds is 4. The lowest BCUT2D eigenvalue weighted by Gasteiger charge is -2.29. The second kappa shape index (κ2) is 6.27. The van der Waals surface area contributed by atoms with Gasteiger partial charge < -0.3 is 11.1 Å². The molecule has 0 bridgehead atoms. The molecule has 4 heteroatoms. The molecular formula is C16H25N3O. The molecule has 0 radical (unpaired) electrons. The van der Waals surface area contributed by atoms with Crippen LogP contribution in [0.15, 0.2) is 18.2 Å². The van der Waals surface area contributed by atoms with Gasteiger partial charge in [0.2, 0.25) is 5.91 Å². The second-order valence-corrected chi connectivity index (χ2v) is 5.68. The van der Waals surface area contributed by atoms with Gasteiger partial charge in [0.05, 0.1) is 6.04 Å². The third kappa shape index (κ3) is 3.12. The fraction of sp³-hybridized carbons (Fsp3) is 0.562. The maximum atomic E-state index is 12.4. The summed E-state index contributed by atoms with van der Waals surface area (Å²) in [4.78, 5) is 14.7. The highest BCUT2D eigenvalue weighted by atomic mass is 16.2. The molecule has 1 saturated heterocycles. The third-order valence-electron chi connectivity index (χ3n) is 4.29. The zero-order valence-corrected chi connectivity index (χ0v) is 12.6. The van der Waals surface area contributed by atoms with Crippen molar-refractivity contribution < 1.29 is 4.79 Å². The van der Waals surface area contributed by atoms with E-state index in [0.29, 0.717) is 11.7 Å². The molecule has 1 aromatic rings. The summed E-state index contributed by atoms with van der Waals surface area (Å²) in [6.45, 7) is 7.17. The minimum absolute atomic E-state index is 0.0547. The predicted octanol–water partition coefficient (Wildman–Crippen LogP) is 2.78. The first-order valence-corrected chi connectivity index (χ1v) is 7.45. The van der Waals surface area contributed by atoms with Crippen LogP contribution in [0.4, 0.5) is 11.4 Å². The second-order valence-electron chi connectivity index (χ2n) is 5.68. The van der Waals surface area contributed by atoms with Crippen LogP contribution in [0.5, 0.6) is 0 Å². The molecule has 1 heterocycles. The number of nitrogens with one attached hydrogen (secondary N) is 1. The van der Waals surface area contributed by atoms with Gasteiger partial charge >= 0.3 is 0 Å². The number of likely N-dealkylation sites (tertiary alicyclic amines) is 1. The first-order chi connectivity index (χ1) is 9.52. The molecule has 1 amide bonds. The minimum atomic E-state index is -0.0942. The molecule has 1 fully saturated rings. The third-order valence-corrected chi connectivity index (χ3v) is 4.29. The highest BCUT2D eigenvalue weighted by Crippen LogP contribution is 2.24. The van der Waals surface area contributed by atoms with E-state index >= 15 is 0 Å².